The Bertz CT molecular complexity index is 1450. The number of alkyl halides is 2. The van der Waals surface area contributed by atoms with Gasteiger partial charge in [0.25, 0.3) is 0 Å². The van der Waals surface area contributed by atoms with E-state index in [9.17, 15) is 17.2 Å². The number of rotatable bonds is 5. The molecule has 1 aliphatic heterocycles. The summed E-state index contributed by atoms with van der Waals surface area (Å²) >= 11 is 0. The smallest absolute Gasteiger partial charge is 0.387 e. The zero-order valence-electron chi connectivity index (χ0n) is 17.6. The van der Waals surface area contributed by atoms with Crippen LogP contribution in [-0.4, -0.2) is 42.4 Å². The van der Waals surface area contributed by atoms with Crippen molar-refractivity contribution in [3.8, 4) is 16.9 Å². The molecule has 0 aliphatic carbocycles. The molecule has 1 N–H and O–H groups in total. The Kier molecular flexibility index (Phi) is 5.34. The van der Waals surface area contributed by atoms with Crippen LogP contribution in [0.15, 0.2) is 65.8 Å². The predicted molar refractivity (Wildman–Crippen MR) is 119 cm³/mol. The summed E-state index contributed by atoms with van der Waals surface area (Å²) in [5.74, 6) is 0.897. The molecule has 5 rings (SSSR count). The average Bonchev–Trinajstić information content (AvgIpc) is 3.17. The summed E-state index contributed by atoms with van der Waals surface area (Å²) in [6, 6.07) is 15.4. The molecule has 2 aromatic carbocycles. The van der Waals surface area contributed by atoms with Gasteiger partial charge in [0.15, 0.2) is 14.9 Å². The van der Waals surface area contributed by atoms with Crippen LogP contribution in [0.4, 0.5) is 8.78 Å². The molecule has 0 radical (unpaired) electrons. The Morgan fingerprint density at radius 2 is 1.91 bits per heavy atom. The SMILES string of the molecule is CS(=O)(=O)c1cc(-c2ccc3nc4n(c3c2)C(c2ccccc2OC(F)F)CNC4)ccn1. The number of imidazole rings is 1. The summed E-state index contributed by atoms with van der Waals surface area (Å²) in [6.07, 6.45) is 2.58. The number of nitrogens with one attached hydrogen (secondary N) is 1. The van der Waals surface area contributed by atoms with E-state index in [4.69, 9.17) is 9.72 Å². The predicted octanol–water partition coefficient (Wildman–Crippen LogP) is 3.80. The molecule has 7 nitrogen and oxygen atoms in total. The Morgan fingerprint density at radius 1 is 1.12 bits per heavy atom. The van der Waals surface area contributed by atoms with E-state index >= 15 is 0 Å². The molecule has 4 aromatic rings. The molecule has 0 spiro atoms. The number of benzene rings is 2. The zero-order chi connectivity index (χ0) is 23.2. The Balaban J connectivity index is 1.65. The third-order valence-electron chi connectivity index (χ3n) is 5.64. The molecule has 3 heterocycles. The van der Waals surface area contributed by atoms with Gasteiger partial charge in [-0.25, -0.2) is 18.4 Å². The molecule has 0 fully saturated rings. The van der Waals surface area contributed by atoms with E-state index in [-0.39, 0.29) is 16.8 Å². The second-order valence-corrected chi connectivity index (χ2v) is 9.78. The molecule has 0 saturated heterocycles. The summed E-state index contributed by atoms with van der Waals surface area (Å²) in [5, 5.41) is 3.30. The summed E-state index contributed by atoms with van der Waals surface area (Å²) in [7, 11) is -3.45. The number of fused-ring (bicyclic) bond motifs is 3. The van der Waals surface area contributed by atoms with E-state index < -0.39 is 16.4 Å². The van der Waals surface area contributed by atoms with E-state index in [1.54, 1.807) is 24.3 Å². The Labute approximate surface area is 189 Å². The van der Waals surface area contributed by atoms with Crippen LogP contribution < -0.4 is 10.1 Å². The highest BCUT2D eigenvalue weighted by Gasteiger charge is 2.27. The van der Waals surface area contributed by atoms with Gasteiger partial charge < -0.3 is 14.6 Å². The topological polar surface area (TPSA) is 86.1 Å². The molecular weight excluding hydrogens is 450 g/mol. The number of para-hydroxylation sites is 1. The Morgan fingerprint density at radius 3 is 2.70 bits per heavy atom. The van der Waals surface area contributed by atoms with Crippen LogP contribution >= 0.6 is 0 Å². The standard InChI is InChI=1S/C23H20F2N4O3S/c1-33(30,31)22-11-15(8-9-27-22)14-6-7-17-18(10-14)29-19(12-26-13-21(29)28-17)16-4-2-3-5-20(16)32-23(24)25/h2-11,19,23,26H,12-13H2,1H3. The molecule has 1 atom stereocenters. The molecule has 33 heavy (non-hydrogen) atoms. The number of sulfone groups is 1. The van der Waals surface area contributed by atoms with Gasteiger partial charge in [-0.2, -0.15) is 8.78 Å². The van der Waals surface area contributed by atoms with Crippen LogP contribution in [0.1, 0.15) is 17.4 Å². The van der Waals surface area contributed by atoms with Gasteiger partial charge in [0.1, 0.15) is 11.6 Å². The lowest BCUT2D eigenvalue weighted by molar-refractivity contribution is -0.0507. The van der Waals surface area contributed by atoms with E-state index in [1.165, 1.54) is 18.3 Å². The third-order valence-corrected chi connectivity index (χ3v) is 6.62. The van der Waals surface area contributed by atoms with Crippen LogP contribution in [0.25, 0.3) is 22.2 Å². The lowest BCUT2D eigenvalue weighted by Crippen LogP contribution is -2.34. The first-order chi connectivity index (χ1) is 15.8. The zero-order valence-corrected chi connectivity index (χ0v) is 18.4. The van der Waals surface area contributed by atoms with Gasteiger partial charge in [0, 0.05) is 24.6 Å². The maximum Gasteiger partial charge on any atom is 0.387 e. The fraction of sp³-hybridized carbons (Fsp3) is 0.217. The first-order valence-corrected chi connectivity index (χ1v) is 12.1. The lowest BCUT2D eigenvalue weighted by atomic mass is 10.0. The second kappa shape index (κ2) is 8.20. The highest BCUT2D eigenvalue weighted by Crippen LogP contribution is 2.35. The second-order valence-electron chi connectivity index (χ2n) is 7.82. The number of ether oxygens (including phenoxy) is 1. The van der Waals surface area contributed by atoms with Crippen LogP contribution in [0.2, 0.25) is 0 Å². The number of hydrogen-bond donors (Lipinski definition) is 1. The molecule has 0 saturated carbocycles. The monoisotopic (exact) mass is 470 g/mol. The van der Waals surface area contributed by atoms with Crippen LogP contribution in [0.3, 0.4) is 0 Å². The van der Waals surface area contributed by atoms with Crippen molar-refractivity contribution < 1.29 is 21.9 Å². The lowest BCUT2D eigenvalue weighted by Gasteiger charge is -2.28. The molecule has 2 aromatic heterocycles. The summed E-state index contributed by atoms with van der Waals surface area (Å²) in [6.45, 7) is -1.88. The number of nitrogens with zero attached hydrogens (tertiary/aromatic N) is 3. The van der Waals surface area contributed by atoms with Crippen molar-refractivity contribution in [1.29, 1.82) is 0 Å². The first kappa shape index (κ1) is 21.5. The third kappa shape index (κ3) is 4.07. The van der Waals surface area contributed by atoms with Gasteiger partial charge in [-0.3, -0.25) is 0 Å². The van der Waals surface area contributed by atoms with Crippen molar-refractivity contribution in [3.63, 3.8) is 0 Å². The maximum atomic E-state index is 13.0. The normalized spacial score (nSPS) is 16.2. The minimum atomic E-state index is -3.45. The van der Waals surface area contributed by atoms with Crippen molar-refractivity contribution in [2.75, 3.05) is 12.8 Å². The van der Waals surface area contributed by atoms with E-state index in [0.717, 1.165) is 28.7 Å². The van der Waals surface area contributed by atoms with Gasteiger partial charge in [-0.1, -0.05) is 24.3 Å². The van der Waals surface area contributed by atoms with E-state index in [2.05, 4.69) is 10.3 Å². The van der Waals surface area contributed by atoms with Gasteiger partial charge >= 0.3 is 6.61 Å². The van der Waals surface area contributed by atoms with Crippen molar-refractivity contribution in [2.24, 2.45) is 0 Å². The van der Waals surface area contributed by atoms with Crippen LogP contribution in [0.5, 0.6) is 5.75 Å². The highest BCUT2D eigenvalue weighted by molar-refractivity contribution is 7.90. The number of hydrogen-bond acceptors (Lipinski definition) is 6. The van der Waals surface area contributed by atoms with Crippen LogP contribution in [0, 0.1) is 0 Å². The Hall–Kier alpha value is -3.37. The van der Waals surface area contributed by atoms with Gasteiger partial charge in [0.05, 0.1) is 23.6 Å². The highest BCUT2D eigenvalue weighted by atomic mass is 32.2. The first-order valence-electron chi connectivity index (χ1n) is 10.2. The van der Waals surface area contributed by atoms with Gasteiger partial charge in [-0.05, 0) is 41.5 Å². The number of halogens is 2. The van der Waals surface area contributed by atoms with Crippen molar-refractivity contribution in [1.82, 2.24) is 19.9 Å². The quantitative estimate of drug-likeness (QED) is 0.478. The molecule has 1 aliphatic rings. The van der Waals surface area contributed by atoms with Crippen molar-refractivity contribution >= 4 is 20.9 Å². The fourth-order valence-corrected chi connectivity index (χ4v) is 4.80. The molecule has 0 bridgehead atoms. The minimum Gasteiger partial charge on any atom is -0.434 e. The van der Waals surface area contributed by atoms with Gasteiger partial charge in [0.2, 0.25) is 0 Å². The number of pyridine rings is 1. The van der Waals surface area contributed by atoms with E-state index in [0.29, 0.717) is 24.2 Å². The largest absolute Gasteiger partial charge is 0.434 e. The average molecular weight is 471 g/mol. The molecule has 170 valence electrons. The summed E-state index contributed by atoms with van der Waals surface area (Å²) in [5.41, 5.74) is 3.70. The van der Waals surface area contributed by atoms with Crippen LogP contribution in [-0.2, 0) is 16.4 Å². The molecule has 10 heteroatoms. The fourth-order valence-electron chi connectivity index (χ4n) is 4.21. The molecule has 1 unspecified atom stereocenters. The minimum absolute atomic E-state index is 0.00411. The van der Waals surface area contributed by atoms with Gasteiger partial charge in [-0.15, -0.1) is 0 Å². The maximum absolute atomic E-state index is 13.0. The molecule has 0 amide bonds. The number of aromatic nitrogens is 3. The molecular formula is C23H20F2N4O3S. The summed E-state index contributed by atoms with van der Waals surface area (Å²) in [4.78, 5) is 8.67. The van der Waals surface area contributed by atoms with E-state index in [1.807, 2.05) is 22.8 Å². The van der Waals surface area contributed by atoms with Crippen molar-refractivity contribution in [3.05, 3.63) is 72.2 Å². The summed E-state index contributed by atoms with van der Waals surface area (Å²) < 4.78 is 56.7. The van der Waals surface area contributed by atoms with Crippen molar-refractivity contribution in [2.45, 2.75) is 24.2 Å².